The monoisotopic (exact) mass is 249 g/mol. The highest BCUT2D eigenvalue weighted by Crippen LogP contribution is 2.14. The Hall–Kier alpha value is -1.78. The summed E-state index contributed by atoms with van der Waals surface area (Å²) in [7, 11) is 0. The molecule has 1 amide bonds. The molecule has 4 N–H and O–H groups in total. The normalized spacial score (nSPS) is 10.2. The van der Waals surface area contributed by atoms with Crippen LogP contribution in [0.2, 0.25) is 5.02 Å². The number of hydrogen-bond acceptors (Lipinski definition) is 2. The number of amides is 1. The Balaban J connectivity index is 2.12. The maximum absolute atomic E-state index is 11.8. The van der Waals surface area contributed by atoms with E-state index in [9.17, 15) is 4.79 Å². The SMILES string of the molecule is NCc1cccc(NC(=O)c2cc(Cl)c[nH]2)c1. The molecule has 0 atom stereocenters. The Labute approximate surface area is 104 Å². The molecule has 2 aromatic rings. The molecule has 0 aliphatic carbocycles. The number of halogens is 1. The molecule has 0 aliphatic rings. The molecule has 0 aliphatic heterocycles. The highest BCUT2D eigenvalue weighted by atomic mass is 35.5. The molecular formula is C12H12ClN3O. The van der Waals surface area contributed by atoms with Crippen molar-refractivity contribution in [3.63, 3.8) is 0 Å². The van der Waals surface area contributed by atoms with Gasteiger partial charge in [0.1, 0.15) is 5.69 Å². The molecule has 0 radical (unpaired) electrons. The molecule has 2 rings (SSSR count). The minimum atomic E-state index is -0.230. The maximum Gasteiger partial charge on any atom is 0.272 e. The predicted octanol–water partition coefficient (Wildman–Crippen LogP) is 2.38. The number of H-pyrrole nitrogens is 1. The van der Waals surface area contributed by atoms with Crippen LogP contribution in [0.1, 0.15) is 16.1 Å². The van der Waals surface area contributed by atoms with Gasteiger partial charge in [-0.25, -0.2) is 0 Å². The number of benzene rings is 1. The van der Waals surface area contributed by atoms with Gasteiger partial charge < -0.3 is 16.0 Å². The lowest BCUT2D eigenvalue weighted by atomic mass is 10.2. The van der Waals surface area contributed by atoms with E-state index < -0.39 is 0 Å². The maximum atomic E-state index is 11.8. The second-order valence-corrected chi connectivity index (χ2v) is 4.03. The third-order valence-corrected chi connectivity index (χ3v) is 2.53. The fourth-order valence-corrected chi connectivity index (χ4v) is 1.64. The van der Waals surface area contributed by atoms with Crippen LogP contribution in [0.5, 0.6) is 0 Å². The molecule has 4 nitrogen and oxygen atoms in total. The Kier molecular flexibility index (Phi) is 3.46. The van der Waals surface area contributed by atoms with Crippen molar-refractivity contribution >= 4 is 23.2 Å². The zero-order valence-electron chi connectivity index (χ0n) is 9.03. The fourth-order valence-electron chi connectivity index (χ4n) is 1.47. The third-order valence-electron chi connectivity index (χ3n) is 2.31. The lowest BCUT2D eigenvalue weighted by molar-refractivity contribution is 0.102. The van der Waals surface area contributed by atoms with E-state index in [1.807, 2.05) is 24.3 Å². The first kappa shape index (κ1) is 11.7. The number of aromatic amines is 1. The molecule has 88 valence electrons. The smallest absolute Gasteiger partial charge is 0.272 e. The van der Waals surface area contributed by atoms with Crippen LogP contribution in [0.3, 0.4) is 0 Å². The topological polar surface area (TPSA) is 70.9 Å². The fraction of sp³-hybridized carbons (Fsp3) is 0.0833. The van der Waals surface area contributed by atoms with E-state index in [4.69, 9.17) is 17.3 Å². The number of hydrogen-bond donors (Lipinski definition) is 3. The highest BCUT2D eigenvalue weighted by molar-refractivity contribution is 6.31. The van der Waals surface area contributed by atoms with Crippen LogP contribution in [0.15, 0.2) is 36.5 Å². The van der Waals surface area contributed by atoms with Gasteiger partial charge in [0.05, 0.1) is 5.02 Å². The van der Waals surface area contributed by atoms with Gasteiger partial charge in [-0.15, -0.1) is 0 Å². The first-order valence-corrected chi connectivity index (χ1v) is 5.51. The van der Waals surface area contributed by atoms with Gasteiger partial charge in [0, 0.05) is 18.4 Å². The average Bonchev–Trinajstić information content (AvgIpc) is 2.76. The quantitative estimate of drug-likeness (QED) is 0.782. The van der Waals surface area contributed by atoms with Crippen molar-refractivity contribution < 1.29 is 4.79 Å². The molecule has 5 heteroatoms. The summed E-state index contributed by atoms with van der Waals surface area (Å²) >= 11 is 5.73. The minimum absolute atomic E-state index is 0.230. The molecule has 0 bridgehead atoms. The summed E-state index contributed by atoms with van der Waals surface area (Å²) in [4.78, 5) is 14.6. The van der Waals surface area contributed by atoms with E-state index in [-0.39, 0.29) is 5.91 Å². The highest BCUT2D eigenvalue weighted by Gasteiger charge is 2.08. The van der Waals surface area contributed by atoms with Gasteiger partial charge in [-0.1, -0.05) is 23.7 Å². The van der Waals surface area contributed by atoms with Crippen LogP contribution < -0.4 is 11.1 Å². The van der Waals surface area contributed by atoms with Crippen molar-refractivity contribution in [1.82, 2.24) is 4.98 Å². The summed E-state index contributed by atoms with van der Waals surface area (Å²) in [5.74, 6) is -0.230. The van der Waals surface area contributed by atoms with Gasteiger partial charge in [0.25, 0.3) is 5.91 Å². The average molecular weight is 250 g/mol. The Bertz CT molecular complexity index is 536. The van der Waals surface area contributed by atoms with Crippen molar-refractivity contribution in [2.24, 2.45) is 5.73 Å². The van der Waals surface area contributed by atoms with E-state index in [0.29, 0.717) is 22.9 Å². The number of nitrogens with two attached hydrogens (primary N) is 1. The molecule has 0 spiro atoms. The first-order chi connectivity index (χ1) is 8.19. The Morgan fingerprint density at radius 2 is 2.24 bits per heavy atom. The molecule has 0 unspecified atom stereocenters. The lowest BCUT2D eigenvalue weighted by Crippen LogP contribution is -2.12. The van der Waals surface area contributed by atoms with Crippen LogP contribution in [0, 0.1) is 0 Å². The van der Waals surface area contributed by atoms with Gasteiger partial charge >= 0.3 is 0 Å². The van der Waals surface area contributed by atoms with Crippen LogP contribution in [0.4, 0.5) is 5.69 Å². The van der Waals surface area contributed by atoms with Gasteiger partial charge in [-0.05, 0) is 23.8 Å². The molecule has 1 heterocycles. The molecular weight excluding hydrogens is 238 g/mol. The van der Waals surface area contributed by atoms with Gasteiger partial charge in [0.2, 0.25) is 0 Å². The molecule has 0 saturated heterocycles. The van der Waals surface area contributed by atoms with E-state index in [2.05, 4.69) is 10.3 Å². The van der Waals surface area contributed by atoms with Crippen LogP contribution in [0.25, 0.3) is 0 Å². The number of aromatic nitrogens is 1. The van der Waals surface area contributed by atoms with E-state index in [0.717, 1.165) is 5.56 Å². The molecule has 1 aromatic heterocycles. The summed E-state index contributed by atoms with van der Waals surface area (Å²) in [6.45, 7) is 0.443. The summed E-state index contributed by atoms with van der Waals surface area (Å²) < 4.78 is 0. The van der Waals surface area contributed by atoms with Crippen LogP contribution in [-0.2, 0) is 6.54 Å². The Morgan fingerprint density at radius 1 is 1.41 bits per heavy atom. The standard InChI is InChI=1S/C12H12ClN3O/c13-9-5-11(15-7-9)12(17)16-10-3-1-2-8(4-10)6-14/h1-5,7,15H,6,14H2,(H,16,17). The molecule has 0 saturated carbocycles. The second kappa shape index (κ2) is 5.03. The largest absolute Gasteiger partial charge is 0.356 e. The van der Waals surface area contributed by atoms with Crippen molar-refractivity contribution in [3.05, 3.63) is 52.8 Å². The van der Waals surface area contributed by atoms with Gasteiger partial charge in [-0.2, -0.15) is 0 Å². The molecule has 0 fully saturated rings. The molecule has 1 aromatic carbocycles. The molecule has 17 heavy (non-hydrogen) atoms. The zero-order valence-corrected chi connectivity index (χ0v) is 9.79. The van der Waals surface area contributed by atoms with Crippen LogP contribution >= 0.6 is 11.6 Å². The predicted molar refractivity (Wildman–Crippen MR) is 68.1 cm³/mol. The summed E-state index contributed by atoms with van der Waals surface area (Å²) in [6, 6.07) is 8.97. The third kappa shape index (κ3) is 2.87. The zero-order chi connectivity index (χ0) is 12.3. The second-order valence-electron chi connectivity index (χ2n) is 3.59. The lowest BCUT2D eigenvalue weighted by Gasteiger charge is -2.05. The summed E-state index contributed by atoms with van der Waals surface area (Å²) in [5.41, 5.74) is 7.63. The van der Waals surface area contributed by atoms with Gasteiger partial charge in [-0.3, -0.25) is 4.79 Å². The van der Waals surface area contributed by atoms with E-state index in [1.54, 1.807) is 12.3 Å². The van der Waals surface area contributed by atoms with E-state index >= 15 is 0 Å². The number of carbonyl (C=O) groups excluding carboxylic acids is 1. The number of nitrogens with one attached hydrogen (secondary N) is 2. The van der Waals surface area contributed by atoms with Crippen molar-refractivity contribution in [2.45, 2.75) is 6.54 Å². The first-order valence-electron chi connectivity index (χ1n) is 5.13. The minimum Gasteiger partial charge on any atom is -0.356 e. The van der Waals surface area contributed by atoms with E-state index in [1.165, 1.54) is 0 Å². The van der Waals surface area contributed by atoms with Crippen LogP contribution in [-0.4, -0.2) is 10.9 Å². The Morgan fingerprint density at radius 3 is 2.88 bits per heavy atom. The number of rotatable bonds is 3. The number of anilines is 1. The van der Waals surface area contributed by atoms with Crippen molar-refractivity contribution in [2.75, 3.05) is 5.32 Å². The summed E-state index contributed by atoms with van der Waals surface area (Å²) in [6.07, 6.45) is 1.56. The van der Waals surface area contributed by atoms with Crippen molar-refractivity contribution in [1.29, 1.82) is 0 Å². The summed E-state index contributed by atoms with van der Waals surface area (Å²) in [5, 5.41) is 3.27. The van der Waals surface area contributed by atoms with Gasteiger partial charge in [0.15, 0.2) is 0 Å². The number of carbonyl (C=O) groups is 1. The van der Waals surface area contributed by atoms with Crippen molar-refractivity contribution in [3.8, 4) is 0 Å².